The molecule has 2 N–H and O–H groups in total. The molecule has 1 aromatic carbocycles. The molecule has 0 fully saturated rings. The third-order valence-electron chi connectivity index (χ3n) is 2.80. The van der Waals surface area contributed by atoms with E-state index >= 15 is 0 Å². The molecule has 0 aliphatic rings. The van der Waals surface area contributed by atoms with E-state index in [0.29, 0.717) is 5.75 Å². The van der Waals surface area contributed by atoms with Gasteiger partial charge in [0.25, 0.3) is 0 Å². The second kappa shape index (κ2) is 4.99. The lowest BCUT2D eigenvalue weighted by molar-refractivity contribution is 0.443. The predicted octanol–water partition coefficient (Wildman–Crippen LogP) is 2.14. The lowest BCUT2D eigenvalue weighted by atomic mass is 10.1. The zero-order valence-corrected chi connectivity index (χ0v) is 11.4. The molecule has 0 saturated heterocycles. The van der Waals surface area contributed by atoms with Gasteiger partial charge < -0.3 is 4.74 Å². The lowest BCUT2D eigenvalue weighted by Gasteiger charge is -2.11. The maximum absolute atomic E-state index is 11.5. The molecule has 0 unspecified atom stereocenters. The van der Waals surface area contributed by atoms with E-state index in [1.54, 1.807) is 6.07 Å². The van der Waals surface area contributed by atoms with E-state index in [-0.39, 0.29) is 10.8 Å². The van der Waals surface area contributed by atoms with Crippen molar-refractivity contribution in [2.75, 3.05) is 0 Å². The van der Waals surface area contributed by atoms with Crippen LogP contribution < -0.4 is 9.88 Å². The van der Waals surface area contributed by atoms with E-state index in [1.165, 1.54) is 18.3 Å². The van der Waals surface area contributed by atoms with Crippen molar-refractivity contribution in [1.82, 2.24) is 4.98 Å². The Hall–Kier alpha value is -1.92. The van der Waals surface area contributed by atoms with Crippen LogP contribution in [0.2, 0.25) is 0 Å². The number of aromatic nitrogens is 1. The van der Waals surface area contributed by atoms with Gasteiger partial charge in [-0.05, 0) is 43.2 Å². The maximum Gasteiger partial charge on any atom is 0.243 e. The van der Waals surface area contributed by atoms with Crippen molar-refractivity contribution >= 4 is 10.0 Å². The van der Waals surface area contributed by atoms with Gasteiger partial charge >= 0.3 is 0 Å². The molecule has 19 heavy (non-hydrogen) atoms. The first kappa shape index (κ1) is 13.5. The summed E-state index contributed by atoms with van der Waals surface area (Å²) in [6.07, 6.45) is 1.45. The molecule has 0 spiro atoms. The highest BCUT2D eigenvalue weighted by molar-refractivity contribution is 7.89. The van der Waals surface area contributed by atoms with Gasteiger partial charge in [0, 0.05) is 6.20 Å². The quantitative estimate of drug-likeness (QED) is 0.932. The molecule has 0 amide bonds. The molecule has 0 aliphatic carbocycles. The summed E-state index contributed by atoms with van der Waals surface area (Å²) in [5.41, 5.74) is 1.97. The summed E-state index contributed by atoms with van der Waals surface area (Å²) in [6, 6.07) is 8.39. The van der Waals surface area contributed by atoms with Gasteiger partial charge in [0.2, 0.25) is 15.9 Å². The number of hydrogen-bond acceptors (Lipinski definition) is 4. The van der Waals surface area contributed by atoms with Crippen LogP contribution in [0, 0.1) is 13.8 Å². The Morgan fingerprint density at radius 3 is 2.58 bits per heavy atom. The molecule has 0 atom stereocenters. The van der Waals surface area contributed by atoms with Gasteiger partial charge in [0.1, 0.15) is 10.6 Å². The second-order valence-corrected chi connectivity index (χ2v) is 5.68. The minimum atomic E-state index is -3.86. The summed E-state index contributed by atoms with van der Waals surface area (Å²) in [4.78, 5) is 3.80. The van der Waals surface area contributed by atoms with Gasteiger partial charge in [-0.2, -0.15) is 0 Å². The fourth-order valence-electron chi connectivity index (χ4n) is 1.61. The van der Waals surface area contributed by atoms with Crippen LogP contribution in [0.3, 0.4) is 0 Å². The molecule has 0 bridgehead atoms. The Kier molecular flexibility index (Phi) is 3.55. The lowest BCUT2D eigenvalue weighted by Crippen LogP contribution is -2.13. The van der Waals surface area contributed by atoms with Crippen LogP contribution in [0.1, 0.15) is 11.1 Å². The van der Waals surface area contributed by atoms with Crippen LogP contribution in [0.5, 0.6) is 11.6 Å². The van der Waals surface area contributed by atoms with Crippen molar-refractivity contribution in [3.05, 3.63) is 47.7 Å². The predicted molar refractivity (Wildman–Crippen MR) is 71.6 cm³/mol. The fraction of sp³-hybridized carbons (Fsp3) is 0.154. The van der Waals surface area contributed by atoms with E-state index in [4.69, 9.17) is 9.88 Å². The maximum atomic E-state index is 11.5. The monoisotopic (exact) mass is 278 g/mol. The average molecular weight is 278 g/mol. The third kappa shape index (κ3) is 2.91. The highest BCUT2D eigenvalue weighted by Gasteiger charge is 2.17. The molecule has 2 aromatic rings. The highest BCUT2D eigenvalue weighted by atomic mass is 32.2. The first-order chi connectivity index (χ1) is 8.89. The van der Waals surface area contributed by atoms with E-state index in [2.05, 4.69) is 4.98 Å². The molecule has 1 heterocycles. The molecule has 0 saturated carbocycles. The summed E-state index contributed by atoms with van der Waals surface area (Å²) in [5.74, 6) is 0.544. The van der Waals surface area contributed by atoms with E-state index < -0.39 is 10.0 Å². The van der Waals surface area contributed by atoms with Gasteiger partial charge in [0.05, 0.1) is 0 Å². The smallest absolute Gasteiger partial charge is 0.243 e. The van der Waals surface area contributed by atoms with Gasteiger partial charge in [-0.15, -0.1) is 0 Å². The van der Waals surface area contributed by atoms with Crippen LogP contribution in [0.25, 0.3) is 0 Å². The number of ether oxygens (including phenoxy) is 1. The topological polar surface area (TPSA) is 82.3 Å². The van der Waals surface area contributed by atoms with Crippen molar-refractivity contribution < 1.29 is 13.2 Å². The molecular weight excluding hydrogens is 264 g/mol. The molecule has 1 aromatic heterocycles. The zero-order chi connectivity index (χ0) is 14.0. The Labute approximate surface area is 112 Å². The Morgan fingerprint density at radius 1 is 1.16 bits per heavy atom. The van der Waals surface area contributed by atoms with Crippen LogP contribution in [0.4, 0.5) is 0 Å². The SMILES string of the molecule is Cc1cccc(Oc2ncccc2S(N)(=O)=O)c1C. The van der Waals surface area contributed by atoms with Crippen molar-refractivity contribution in [3.63, 3.8) is 0 Å². The normalized spacial score (nSPS) is 11.3. The van der Waals surface area contributed by atoms with E-state index in [0.717, 1.165) is 11.1 Å². The van der Waals surface area contributed by atoms with Gasteiger partial charge in [-0.1, -0.05) is 12.1 Å². The summed E-state index contributed by atoms with van der Waals surface area (Å²) >= 11 is 0. The zero-order valence-electron chi connectivity index (χ0n) is 10.6. The molecule has 0 aliphatic heterocycles. The first-order valence-electron chi connectivity index (χ1n) is 5.61. The molecule has 6 heteroatoms. The largest absolute Gasteiger partial charge is 0.437 e. The van der Waals surface area contributed by atoms with Crippen LogP contribution in [-0.4, -0.2) is 13.4 Å². The number of nitrogens with two attached hydrogens (primary N) is 1. The van der Waals surface area contributed by atoms with Crippen molar-refractivity contribution in [2.24, 2.45) is 5.14 Å². The number of pyridine rings is 1. The Balaban J connectivity index is 2.48. The summed E-state index contributed by atoms with van der Waals surface area (Å²) in [5, 5.41) is 5.13. The number of benzene rings is 1. The van der Waals surface area contributed by atoms with Crippen LogP contribution in [-0.2, 0) is 10.0 Å². The molecule has 0 radical (unpaired) electrons. The van der Waals surface area contributed by atoms with Crippen molar-refractivity contribution in [2.45, 2.75) is 18.7 Å². The number of nitrogens with zero attached hydrogens (tertiary/aromatic N) is 1. The Bertz CT molecular complexity index is 712. The molecule has 5 nitrogen and oxygen atoms in total. The van der Waals surface area contributed by atoms with Gasteiger partial charge in [-0.3, -0.25) is 0 Å². The fourth-order valence-corrected chi connectivity index (χ4v) is 2.21. The Morgan fingerprint density at radius 2 is 1.89 bits per heavy atom. The van der Waals surface area contributed by atoms with E-state index in [9.17, 15) is 8.42 Å². The van der Waals surface area contributed by atoms with Gasteiger partial charge in [-0.25, -0.2) is 18.5 Å². The summed E-state index contributed by atoms with van der Waals surface area (Å²) in [7, 11) is -3.86. The number of aryl methyl sites for hydroxylation is 1. The standard InChI is InChI=1S/C13H14N2O3S/c1-9-5-3-6-11(10(9)2)18-13-12(19(14,16)17)7-4-8-15-13/h3-8H,1-2H3,(H2,14,16,17). The second-order valence-electron chi connectivity index (χ2n) is 4.15. The van der Waals surface area contributed by atoms with Gasteiger partial charge in [0.15, 0.2) is 0 Å². The number of sulfonamides is 1. The number of primary sulfonamides is 1. The highest BCUT2D eigenvalue weighted by Crippen LogP contribution is 2.29. The molecular formula is C13H14N2O3S. The molecule has 2 rings (SSSR count). The first-order valence-corrected chi connectivity index (χ1v) is 7.16. The number of hydrogen-bond donors (Lipinski definition) is 1. The minimum Gasteiger partial charge on any atom is -0.437 e. The minimum absolute atomic E-state index is 0.0151. The van der Waals surface area contributed by atoms with E-state index in [1.807, 2.05) is 26.0 Å². The van der Waals surface area contributed by atoms with Crippen molar-refractivity contribution in [3.8, 4) is 11.6 Å². The summed E-state index contributed by atoms with van der Waals surface area (Å²) < 4.78 is 28.5. The molecule has 100 valence electrons. The van der Waals surface area contributed by atoms with Crippen LogP contribution >= 0.6 is 0 Å². The van der Waals surface area contributed by atoms with Crippen molar-refractivity contribution in [1.29, 1.82) is 0 Å². The average Bonchev–Trinajstić information content (AvgIpc) is 2.34. The third-order valence-corrected chi connectivity index (χ3v) is 3.73. The summed E-state index contributed by atoms with van der Waals surface area (Å²) in [6.45, 7) is 3.84. The number of rotatable bonds is 3. The van der Waals surface area contributed by atoms with Crippen LogP contribution in [0.15, 0.2) is 41.4 Å².